The molecule has 81 heavy (non-hydrogen) atoms. The zero-order valence-electron chi connectivity index (χ0n) is 49.9. The van der Waals surface area contributed by atoms with Gasteiger partial charge < -0.3 is 9.47 Å². The first-order chi connectivity index (χ1) is 39.7. The number of hydrogen-bond acceptors (Lipinski definition) is 8. The van der Waals surface area contributed by atoms with Gasteiger partial charge in [0, 0.05) is 36.9 Å². The molecule has 0 unspecified atom stereocenters. The van der Waals surface area contributed by atoms with E-state index in [2.05, 4.69) is 47.6 Å². The Balaban J connectivity index is 0.000000297. The number of benzene rings is 4. The molecule has 0 N–H and O–H groups in total. The fourth-order valence-corrected chi connectivity index (χ4v) is 10.00. The second-order valence-electron chi connectivity index (χ2n) is 22.1. The van der Waals surface area contributed by atoms with E-state index in [4.69, 9.17) is 9.47 Å². The lowest BCUT2D eigenvalue weighted by Crippen LogP contribution is -2.09. The molecule has 0 bridgehead atoms. The topological polar surface area (TPSA) is 104 Å². The number of ether oxygens (including phenoxy) is 2. The fourth-order valence-electron chi connectivity index (χ4n) is 10.00. The van der Waals surface area contributed by atoms with E-state index in [0.29, 0.717) is 22.8 Å². The zero-order chi connectivity index (χ0) is 57.5. The normalized spacial score (nSPS) is 11.1. The van der Waals surface area contributed by atoms with Crippen LogP contribution in [-0.4, -0.2) is 31.9 Å². The number of aromatic nitrogens is 4. The van der Waals surface area contributed by atoms with E-state index in [0.717, 1.165) is 62.5 Å². The third-order valence-corrected chi connectivity index (χ3v) is 15.1. The molecule has 0 aliphatic heterocycles. The second kappa shape index (κ2) is 40.1. The lowest BCUT2D eigenvalue weighted by atomic mass is 10.0. The number of nitrogens with zero attached hydrogens (tertiary/aromatic N) is 4. The molecule has 0 atom stereocenters. The highest BCUT2D eigenvalue weighted by Crippen LogP contribution is 2.27. The van der Waals surface area contributed by atoms with Gasteiger partial charge in [-0.1, -0.05) is 212 Å². The summed E-state index contributed by atoms with van der Waals surface area (Å²) in [7, 11) is 0. The van der Waals surface area contributed by atoms with Crippen molar-refractivity contribution in [3.8, 4) is 34.3 Å². The summed E-state index contributed by atoms with van der Waals surface area (Å²) in [6.07, 6.45) is 48.0. The molecule has 0 amide bonds. The molecule has 2 aromatic heterocycles. The van der Waals surface area contributed by atoms with Crippen molar-refractivity contribution < 1.29 is 27.8 Å². The van der Waals surface area contributed by atoms with Crippen molar-refractivity contribution in [2.75, 3.05) is 0 Å². The van der Waals surface area contributed by atoms with Crippen LogP contribution in [0.4, 0.5) is 8.78 Å². The Bertz CT molecular complexity index is 2640. The third kappa shape index (κ3) is 26.1. The molecule has 438 valence electrons. The van der Waals surface area contributed by atoms with E-state index < -0.39 is 23.6 Å². The van der Waals surface area contributed by atoms with Crippen LogP contribution < -0.4 is 9.47 Å². The Labute approximate surface area is 486 Å². The summed E-state index contributed by atoms with van der Waals surface area (Å²) in [5, 5.41) is 0. The van der Waals surface area contributed by atoms with Crippen LogP contribution in [0.1, 0.15) is 257 Å². The number of carbonyl (C=O) groups excluding carboxylic acids is 2. The molecule has 8 nitrogen and oxygen atoms in total. The third-order valence-electron chi connectivity index (χ3n) is 15.1. The maximum absolute atomic E-state index is 14.9. The lowest BCUT2D eigenvalue weighted by molar-refractivity contribution is 0.0724. The fraction of sp³-hybridized carbons (Fsp3) is 0.521. The summed E-state index contributed by atoms with van der Waals surface area (Å²) < 4.78 is 40.7. The number of unbranched alkanes of at least 4 members (excludes halogenated alkanes) is 25. The van der Waals surface area contributed by atoms with Gasteiger partial charge in [-0.05, 0) is 122 Å². The summed E-state index contributed by atoms with van der Waals surface area (Å²) in [5.41, 5.74) is 6.05. The summed E-state index contributed by atoms with van der Waals surface area (Å²) in [4.78, 5) is 42.8. The number of hydrogen-bond donors (Lipinski definition) is 0. The molecular formula is C71H96F2N4O4. The SMILES string of the molecule is CCCCCCCCCCc1ccc(C(=O)Oc2ccc(-c3ncc(CCCCCCCC)cn3)c(F)c2)cc1.CCCCCCCCCCc1ccc(C(=O)Oc2ccc(-c3ncc(CCCCCCCCC)cn3)c(F)c2)cc1. The quantitative estimate of drug-likeness (QED) is 0.0214. The Hall–Kier alpha value is -6.16. The van der Waals surface area contributed by atoms with Crippen molar-refractivity contribution in [3.63, 3.8) is 0 Å². The van der Waals surface area contributed by atoms with E-state index in [1.54, 1.807) is 73.3 Å². The molecule has 0 spiro atoms. The molecule has 0 aliphatic carbocycles. The second-order valence-corrected chi connectivity index (χ2v) is 22.1. The number of esters is 2. The van der Waals surface area contributed by atoms with E-state index in [9.17, 15) is 18.4 Å². The maximum atomic E-state index is 14.9. The van der Waals surface area contributed by atoms with Gasteiger partial charge >= 0.3 is 11.9 Å². The average Bonchev–Trinajstić information content (AvgIpc) is 3.48. The first-order valence-electron chi connectivity index (χ1n) is 31.5. The van der Waals surface area contributed by atoms with Gasteiger partial charge in [-0.25, -0.2) is 38.3 Å². The summed E-state index contributed by atoms with van der Waals surface area (Å²) in [5.74, 6) is -1.05. The van der Waals surface area contributed by atoms with Crippen LogP contribution in [-0.2, 0) is 25.7 Å². The molecule has 0 aliphatic rings. The van der Waals surface area contributed by atoms with Crippen molar-refractivity contribution in [2.45, 2.75) is 240 Å². The van der Waals surface area contributed by atoms with E-state index >= 15 is 0 Å². The first-order valence-corrected chi connectivity index (χ1v) is 31.5. The number of rotatable bonds is 39. The van der Waals surface area contributed by atoms with Gasteiger partial charge in [0.25, 0.3) is 0 Å². The van der Waals surface area contributed by atoms with Gasteiger partial charge in [0.2, 0.25) is 0 Å². The predicted molar refractivity (Wildman–Crippen MR) is 329 cm³/mol. The molecule has 6 aromatic rings. The number of halogens is 2. The number of carbonyl (C=O) groups is 2. The van der Waals surface area contributed by atoms with Crippen molar-refractivity contribution >= 4 is 11.9 Å². The summed E-state index contributed by atoms with van der Waals surface area (Å²) >= 11 is 0. The smallest absolute Gasteiger partial charge is 0.343 e. The molecular weight excluding hydrogens is 1010 g/mol. The summed E-state index contributed by atoms with van der Waals surface area (Å²) in [6, 6.07) is 23.8. The van der Waals surface area contributed by atoms with Crippen LogP contribution >= 0.6 is 0 Å². The molecule has 0 fully saturated rings. The average molecular weight is 1110 g/mol. The van der Waals surface area contributed by atoms with Crippen LogP contribution in [0.3, 0.4) is 0 Å². The monoisotopic (exact) mass is 1110 g/mol. The standard InChI is InChI=1S/C36H49FN2O2.C35H47FN2O2/c1-3-5-7-9-11-13-14-16-18-29-20-22-31(23-21-29)36(40)41-32-24-25-33(34(37)26-32)35-38-27-30(28-39-35)19-17-15-12-10-8-6-4-2;1-3-5-7-9-11-12-14-15-17-28-19-21-30(22-20-28)35(39)40-31-23-24-32(33(36)25-31)34-37-26-29(27-38-34)18-16-13-10-8-6-4-2/h20-28H,3-19H2,1-2H3;19-27H,3-18H2,1-2H3. The van der Waals surface area contributed by atoms with Crippen LogP contribution in [0, 0.1) is 11.6 Å². The first kappa shape index (κ1) is 65.6. The Kier molecular flexibility index (Phi) is 32.5. The van der Waals surface area contributed by atoms with Gasteiger partial charge in [0.15, 0.2) is 11.6 Å². The van der Waals surface area contributed by atoms with Gasteiger partial charge in [0.1, 0.15) is 23.1 Å². The molecule has 0 saturated carbocycles. The van der Waals surface area contributed by atoms with Gasteiger partial charge in [0.05, 0.1) is 22.3 Å². The highest BCUT2D eigenvalue weighted by molar-refractivity contribution is 5.91. The molecule has 6 rings (SSSR count). The molecule has 0 saturated heterocycles. The largest absolute Gasteiger partial charge is 0.423 e. The highest BCUT2D eigenvalue weighted by atomic mass is 19.1. The molecule has 2 heterocycles. The van der Waals surface area contributed by atoms with Gasteiger partial charge in [-0.3, -0.25) is 0 Å². The van der Waals surface area contributed by atoms with E-state index in [1.807, 2.05) is 24.3 Å². The minimum Gasteiger partial charge on any atom is -0.423 e. The van der Waals surface area contributed by atoms with Crippen molar-refractivity contribution in [1.29, 1.82) is 0 Å². The minimum atomic E-state index is -0.519. The summed E-state index contributed by atoms with van der Waals surface area (Å²) in [6.45, 7) is 8.95. The maximum Gasteiger partial charge on any atom is 0.343 e. The zero-order valence-corrected chi connectivity index (χ0v) is 49.9. The van der Waals surface area contributed by atoms with Crippen LogP contribution in [0.5, 0.6) is 11.5 Å². The lowest BCUT2D eigenvalue weighted by Gasteiger charge is -2.08. The number of aryl methyl sites for hydroxylation is 4. The van der Waals surface area contributed by atoms with Crippen LogP contribution in [0.25, 0.3) is 22.8 Å². The predicted octanol–water partition coefficient (Wildman–Crippen LogP) is 20.6. The van der Waals surface area contributed by atoms with Gasteiger partial charge in [-0.2, -0.15) is 0 Å². The van der Waals surface area contributed by atoms with Crippen molar-refractivity contribution in [2.24, 2.45) is 0 Å². The van der Waals surface area contributed by atoms with E-state index in [1.165, 1.54) is 184 Å². The van der Waals surface area contributed by atoms with Crippen molar-refractivity contribution in [1.82, 2.24) is 19.9 Å². The Morgan fingerprint density at radius 3 is 0.864 bits per heavy atom. The Morgan fingerprint density at radius 1 is 0.333 bits per heavy atom. The molecule has 0 radical (unpaired) electrons. The minimum absolute atomic E-state index is 0.161. The highest BCUT2D eigenvalue weighted by Gasteiger charge is 2.16. The van der Waals surface area contributed by atoms with Crippen LogP contribution in [0.15, 0.2) is 110 Å². The van der Waals surface area contributed by atoms with Crippen molar-refractivity contribution in [3.05, 3.63) is 155 Å². The molecule has 4 aromatic carbocycles. The van der Waals surface area contributed by atoms with E-state index in [-0.39, 0.29) is 22.6 Å². The molecule has 10 heteroatoms. The Morgan fingerprint density at radius 2 is 0.593 bits per heavy atom. The van der Waals surface area contributed by atoms with Crippen LogP contribution in [0.2, 0.25) is 0 Å². The van der Waals surface area contributed by atoms with Gasteiger partial charge in [-0.15, -0.1) is 0 Å².